The zero-order valence-electron chi connectivity index (χ0n) is 10.7. The molecule has 0 radical (unpaired) electrons. The van der Waals surface area contributed by atoms with Crippen LogP contribution >= 0.6 is 0 Å². The van der Waals surface area contributed by atoms with Crippen LogP contribution in [0.5, 0.6) is 0 Å². The van der Waals surface area contributed by atoms with Crippen LogP contribution in [-0.2, 0) is 0 Å². The van der Waals surface area contributed by atoms with Crippen molar-refractivity contribution in [1.29, 1.82) is 0 Å². The molecule has 0 aromatic heterocycles. The molecule has 0 spiro atoms. The van der Waals surface area contributed by atoms with Crippen LogP contribution in [0.25, 0.3) is 0 Å². The molecule has 0 aliphatic rings. The maximum atomic E-state index is 3.78. The van der Waals surface area contributed by atoms with Gasteiger partial charge in [-0.3, -0.25) is 0 Å². The Morgan fingerprint density at radius 2 is 1.87 bits per heavy atom. The molecule has 15 heavy (non-hydrogen) atoms. The first-order chi connectivity index (χ1) is 7.20. The second-order valence-corrected chi connectivity index (χ2v) is 4.32. The molecule has 0 amide bonds. The Balaban J connectivity index is 3.45. The summed E-state index contributed by atoms with van der Waals surface area (Å²) < 4.78 is 0. The van der Waals surface area contributed by atoms with Crippen LogP contribution in [0.2, 0.25) is 0 Å². The average molecular weight is 206 g/mol. The van der Waals surface area contributed by atoms with Crippen molar-refractivity contribution in [2.45, 2.75) is 59.3 Å². The summed E-state index contributed by atoms with van der Waals surface area (Å²) in [5.74, 6) is 0. The zero-order chi connectivity index (χ0) is 11.5. The highest BCUT2D eigenvalue weighted by Crippen LogP contribution is 2.14. The molecule has 86 valence electrons. The van der Waals surface area contributed by atoms with Gasteiger partial charge in [-0.05, 0) is 52.9 Å². The smallest absolute Gasteiger partial charge is 0.0142 e. The molecule has 0 rings (SSSR count). The Hall–Kier alpha value is -0.780. The van der Waals surface area contributed by atoms with Crippen molar-refractivity contribution >= 4 is 0 Å². The Bertz CT molecular complexity index is 214. The van der Waals surface area contributed by atoms with Gasteiger partial charge in [-0.1, -0.05) is 35.8 Å². The van der Waals surface area contributed by atoms with Gasteiger partial charge < -0.3 is 0 Å². The van der Waals surface area contributed by atoms with Crippen molar-refractivity contribution in [2.75, 3.05) is 0 Å². The molecule has 0 atom stereocenters. The Kier molecular flexibility index (Phi) is 9.26. The molecule has 0 saturated heterocycles. The van der Waals surface area contributed by atoms with Crippen molar-refractivity contribution in [3.8, 4) is 0 Å². The average Bonchev–Trinajstić information content (AvgIpc) is 2.21. The first-order valence-corrected chi connectivity index (χ1v) is 6.09. The fraction of sp³-hybridized carbons (Fsp3) is 0.600. The van der Waals surface area contributed by atoms with Crippen LogP contribution in [0.3, 0.4) is 0 Å². The van der Waals surface area contributed by atoms with Crippen molar-refractivity contribution in [2.24, 2.45) is 0 Å². The lowest BCUT2D eigenvalue weighted by Crippen LogP contribution is -1.83. The predicted molar refractivity (Wildman–Crippen MR) is 71.1 cm³/mol. The number of allylic oxidation sites excluding steroid dienone is 5. The minimum Gasteiger partial charge on any atom is -0.103 e. The van der Waals surface area contributed by atoms with Gasteiger partial charge in [-0.25, -0.2) is 0 Å². The first kappa shape index (κ1) is 14.2. The Morgan fingerprint density at radius 1 is 1.13 bits per heavy atom. The van der Waals surface area contributed by atoms with Gasteiger partial charge in [0.1, 0.15) is 0 Å². The lowest BCUT2D eigenvalue weighted by Gasteiger charge is -2.03. The largest absolute Gasteiger partial charge is 0.103 e. The number of rotatable bonds is 8. The van der Waals surface area contributed by atoms with E-state index in [4.69, 9.17) is 0 Å². The Labute approximate surface area is 95.8 Å². The molecule has 0 unspecified atom stereocenters. The van der Waals surface area contributed by atoms with Crippen LogP contribution in [0.1, 0.15) is 59.3 Å². The Morgan fingerprint density at radius 3 is 2.40 bits per heavy atom. The van der Waals surface area contributed by atoms with E-state index < -0.39 is 0 Å². The van der Waals surface area contributed by atoms with Crippen molar-refractivity contribution in [3.05, 3.63) is 36.0 Å². The molecule has 0 aliphatic heterocycles. The van der Waals surface area contributed by atoms with Gasteiger partial charge in [0.15, 0.2) is 0 Å². The SMILES string of the molecule is C=CC/C(=C\C)CCCCCC=C(C)C. The highest BCUT2D eigenvalue weighted by Gasteiger charge is 1.94. The van der Waals surface area contributed by atoms with E-state index >= 15 is 0 Å². The minimum absolute atomic E-state index is 1.06. The van der Waals surface area contributed by atoms with Crippen LogP contribution < -0.4 is 0 Å². The van der Waals surface area contributed by atoms with Gasteiger partial charge >= 0.3 is 0 Å². The molecule has 0 N–H and O–H groups in total. The lowest BCUT2D eigenvalue weighted by molar-refractivity contribution is 0.677. The van der Waals surface area contributed by atoms with E-state index in [2.05, 4.69) is 39.5 Å². The van der Waals surface area contributed by atoms with Gasteiger partial charge in [-0.15, -0.1) is 6.58 Å². The number of hydrogen-bond donors (Lipinski definition) is 0. The maximum Gasteiger partial charge on any atom is -0.0142 e. The highest BCUT2D eigenvalue weighted by molar-refractivity contribution is 5.04. The third-order valence-corrected chi connectivity index (χ3v) is 2.57. The summed E-state index contributed by atoms with van der Waals surface area (Å²) in [7, 11) is 0. The van der Waals surface area contributed by atoms with Crippen LogP contribution in [0, 0.1) is 0 Å². The lowest BCUT2D eigenvalue weighted by atomic mass is 10.0. The molecule has 0 saturated carbocycles. The van der Waals surface area contributed by atoms with Gasteiger partial charge in [0.05, 0.1) is 0 Å². The molecular weight excluding hydrogens is 180 g/mol. The summed E-state index contributed by atoms with van der Waals surface area (Å²) in [6.07, 6.45) is 14.1. The van der Waals surface area contributed by atoms with E-state index in [1.54, 1.807) is 0 Å². The van der Waals surface area contributed by atoms with E-state index in [1.165, 1.54) is 43.3 Å². The van der Waals surface area contributed by atoms with E-state index in [-0.39, 0.29) is 0 Å². The standard InChI is InChI=1S/C15H26/c1-5-11-15(6-2)13-10-8-7-9-12-14(3)4/h5-6,12H,1,7-11,13H2,2-4H3/b15-6+. The third-order valence-electron chi connectivity index (χ3n) is 2.57. The first-order valence-electron chi connectivity index (χ1n) is 6.09. The molecule has 0 heterocycles. The van der Waals surface area contributed by atoms with Crippen molar-refractivity contribution in [3.63, 3.8) is 0 Å². The molecule has 0 fully saturated rings. The second kappa shape index (κ2) is 9.76. The van der Waals surface area contributed by atoms with Crippen LogP contribution in [-0.4, -0.2) is 0 Å². The third kappa shape index (κ3) is 9.52. The van der Waals surface area contributed by atoms with E-state index in [0.29, 0.717) is 0 Å². The topological polar surface area (TPSA) is 0 Å². The monoisotopic (exact) mass is 206 g/mol. The minimum atomic E-state index is 1.06. The van der Waals surface area contributed by atoms with Gasteiger partial charge in [-0.2, -0.15) is 0 Å². The predicted octanol–water partition coefficient (Wildman–Crippen LogP) is 5.43. The maximum absolute atomic E-state index is 3.78. The van der Waals surface area contributed by atoms with Gasteiger partial charge in [0.2, 0.25) is 0 Å². The fourth-order valence-corrected chi connectivity index (χ4v) is 1.61. The van der Waals surface area contributed by atoms with Crippen molar-refractivity contribution in [1.82, 2.24) is 0 Å². The van der Waals surface area contributed by atoms with Crippen LogP contribution in [0.15, 0.2) is 36.0 Å². The molecule has 0 nitrogen and oxygen atoms in total. The van der Waals surface area contributed by atoms with Crippen molar-refractivity contribution < 1.29 is 0 Å². The highest BCUT2D eigenvalue weighted by atomic mass is 14.0. The normalized spacial score (nSPS) is 11.3. The summed E-state index contributed by atoms with van der Waals surface area (Å²) in [6.45, 7) is 10.2. The molecule has 0 bridgehead atoms. The summed E-state index contributed by atoms with van der Waals surface area (Å²) in [5, 5.41) is 0. The fourth-order valence-electron chi connectivity index (χ4n) is 1.61. The molecule has 0 aromatic rings. The number of hydrogen-bond acceptors (Lipinski definition) is 0. The molecular formula is C15H26. The zero-order valence-corrected chi connectivity index (χ0v) is 10.7. The quantitative estimate of drug-likeness (QED) is 0.367. The van der Waals surface area contributed by atoms with E-state index in [9.17, 15) is 0 Å². The second-order valence-electron chi connectivity index (χ2n) is 4.32. The van der Waals surface area contributed by atoms with E-state index in [0.717, 1.165) is 6.42 Å². The molecule has 0 aliphatic carbocycles. The van der Waals surface area contributed by atoms with Gasteiger partial charge in [0.25, 0.3) is 0 Å². The number of unbranched alkanes of at least 4 members (excludes halogenated alkanes) is 3. The van der Waals surface area contributed by atoms with Crippen LogP contribution in [0.4, 0.5) is 0 Å². The van der Waals surface area contributed by atoms with E-state index in [1.807, 2.05) is 6.08 Å². The summed E-state index contributed by atoms with van der Waals surface area (Å²) >= 11 is 0. The van der Waals surface area contributed by atoms with Gasteiger partial charge in [0, 0.05) is 0 Å². The summed E-state index contributed by atoms with van der Waals surface area (Å²) in [6, 6.07) is 0. The molecule has 0 heteroatoms. The molecule has 0 aromatic carbocycles. The summed E-state index contributed by atoms with van der Waals surface area (Å²) in [5.41, 5.74) is 2.98. The summed E-state index contributed by atoms with van der Waals surface area (Å²) in [4.78, 5) is 0.